The zero-order valence-electron chi connectivity index (χ0n) is 11.3. The quantitative estimate of drug-likeness (QED) is 0.874. The molecule has 1 aromatic carbocycles. The third-order valence-corrected chi connectivity index (χ3v) is 3.17. The summed E-state index contributed by atoms with van der Waals surface area (Å²) in [4.78, 5) is 24.6. The topological polar surface area (TPSA) is 84.7 Å². The van der Waals surface area contributed by atoms with Crippen LogP contribution in [0.2, 0.25) is 0 Å². The molecule has 0 radical (unpaired) electrons. The Labute approximate surface area is 117 Å². The molecule has 1 aliphatic heterocycles. The highest BCUT2D eigenvalue weighted by molar-refractivity contribution is 5.92. The fourth-order valence-electron chi connectivity index (χ4n) is 2.24. The molecule has 2 amide bonds. The summed E-state index contributed by atoms with van der Waals surface area (Å²) in [5.74, 6) is 0.321. The minimum atomic E-state index is -0.855. The molecule has 1 saturated heterocycles. The Morgan fingerprint density at radius 3 is 2.40 bits per heavy atom. The molecule has 2 rings (SSSR count). The number of carbonyl (C=O) groups is 2. The van der Waals surface area contributed by atoms with E-state index in [2.05, 4.69) is 10.2 Å². The number of nitrogens with zero attached hydrogens (tertiary/aromatic N) is 1. The minimum absolute atomic E-state index is 0.0320. The molecule has 0 saturated carbocycles. The molecule has 20 heavy (non-hydrogen) atoms. The number of piperidine rings is 1. The third kappa shape index (κ3) is 4.55. The molecular weight excluding hydrogens is 258 g/mol. The van der Waals surface area contributed by atoms with Crippen molar-refractivity contribution in [2.75, 3.05) is 25.0 Å². The number of rotatable bonds is 4. The standard InChI is InChI=1S/C14H19N3O3/c15-14(19)20-12-6-4-11(5-7-12)16-13(18)10-17-8-2-1-3-9-17/h4-7H,1-3,8-10H2,(H2,15,19)(H,16,18). The number of likely N-dealkylation sites (tertiary alicyclic amines) is 1. The van der Waals surface area contributed by atoms with Gasteiger partial charge in [0.05, 0.1) is 6.54 Å². The summed E-state index contributed by atoms with van der Waals surface area (Å²) in [6.07, 6.45) is 2.71. The van der Waals surface area contributed by atoms with Gasteiger partial charge >= 0.3 is 6.09 Å². The lowest BCUT2D eigenvalue weighted by Gasteiger charge is -2.25. The number of anilines is 1. The van der Waals surface area contributed by atoms with Crippen LogP contribution in [0.4, 0.5) is 10.5 Å². The number of hydrogen-bond donors (Lipinski definition) is 2. The number of nitrogens with one attached hydrogen (secondary N) is 1. The van der Waals surface area contributed by atoms with Crippen molar-refractivity contribution in [2.24, 2.45) is 5.73 Å². The van der Waals surface area contributed by atoms with Crippen molar-refractivity contribution in [3.8, 4) is 5.75 Å². The Morgan fingerprint density at radius 2 is 1.80 bits per heavy atom. The Bertz CT molecular complexity index is 467. The molecule has 1 aromatic rings. The fraction of sp³-hybridized carbons (Fsp3) is 0.429. The van der Waals surface area contributed by atoms with E-state index >= 15 is 0 Å². The van der Waals surface area contributed by atoms with Gasteiger partial charge in [-0.05, 0) is 50.2 Å². The number of carbonyl (C=O) groups excluding carboxylic acids is 2. The van der Waals surface area contributed by atoms with Crippen LogP contribution in [0.15, 0.2) is 24.3 Å². The van der Waals surface area contributed by atoms with Gasteiger partial charge in [0.1, 0.15) is 5.75 Å². The van der Waals surface area contributed by atoms with Crippen molar-refractivity contribution in [1.82, 2.24) is 4.90 Å². The largest absolute Gasteiger partial charge is 0.411 e. The van der Waals surface area contributed by atoms with Crippen LogP contribution in [-0.2, 0) is 4.79 Å². The third-order valence-electron chi connectivity index (χ3n) is 3.17. The predicted molar refractivity (Wildman–Crippen MR) is 75.6 cm³/mol. The minimum Gasteiger partial charge on any atom is -0.411 e. The maximum absolute atomic E-state index is 11.9. The van der Waals surface area contributed by atoms with Crippen molar-refractivity contribution < 1.29 is 14.3 Å². The SMILES string of the molecule is NC(=O)Oc1ccc(NC(=O)CN2CCCCC2)cc1. The maximum Gasteiger partial charge on any atom is 0.409 e. The fourth-order valence-corrected chi connectivity index (χ4v) is 2.24. The lowest BCUT2D eigenvalue weighted by Crippen LogP contribution is -2.36. The van der Waals surface area contributed by atoms with Gasteiger partial charge in [-0.2, -0.15) is 0 Å². The second-order valence-electron chi connectivity index (χ2n) is 4.83. The molecule has 6 nitrogen and oxygen atoms in total. The molecule has 0 bridgehead atoms. The van der Waals surface area contributed by atoms with E-state index in [1.807, 2.05) is 0 Å². The first kappa shape index (κ1) is 14.3. The highest BCUT2D eigenvalue weighted by atomic mass is 16.5. The number of benzene rings is 1. The first-order valence-corrected chi connectivity index (χ1v) is 6.73. The number of amides is 2. The van der Waals surface area contributed by atoms with Gasteiger partial charge in [-0.1, -0.05) is 6.42 Å². The van der Waals surface area contributed by atoms with Crippen molar-refractivity contribution in [1.29, 1.82) is 0 Å². The smallest absolute Gasteiger partial charge is 0.409 e. The highest BCUT2D eigenvalue weighted by Gasteiger charge is 2.13. The molecule has 0 aliphatic carbocycles. The number of ether oxygens (including phenoxy) is 1. The monoisotopic (exact) mass is 277 g/mol. The Balaban J connectivity index is 1.82. The zero-order chi connectivity index (χ0) is 14.4. The summed E-state index contributed by atoms with van der Waals surface area (Å²) in [5.41, 5.74) is 5.58. The van der Waals surface area contributed by atoms with Gasteiger partial charge in [-0.15, -0.1) is 0 Å². The van der Waals surface area contributed by atoms with Crippen LogP contribution in [0.3, 0.4) is 0 Å². The Kier molecular flexibility index (Phi) is 4.95. The Morgan fingerprint density at radius 1 is 1.15 bits per heavy atom. The maximum atomic E-state index is 11.9. The average molecular weight is 277 g/mol. The summed E-state index contributed by atoms with van der Waals surface area (Å²) in [5, 5.41) is 2.82. The number of nitrogens with two attached hydrogens (primary N) is 1. The van der Waals surface area contributed by atoms with Crippen LogP contribution in [0.25, 0.3) is 0 Å². The number of hydrogen-bond acceptors (Lipinski definition) is 4. The Hall–Kier alpha value is -2.08. The molecule has 0 spiro atoms. The normalized spacial score (nSPS) is 15.6. The van der Waals surface area contributed by atoms with Gasteiger partial charge in [0.25, 0.3) is 0 Å². The van der Waals surface area contributed by atoms with E-state index in [0.29, 0.717) is 18.0 Å². The molecule has 108 valence electrons. The first-order valence-electron chi connectivity index (χ1n) is 6.73. The van der Waals surface area contributed by atoms with E-state index in [1.165, 1.54) is 6.42 Å². The van der Waals surface area contributed by atoms with Gasteiger partial charge in [0.2, 0.25) is 5.91 Å². The molecule has 1 fully saturated rings. The summed E-state index contributed by atoms with van der Waals surface area (Å²) >= 11 is 0. The van der Waals surface area contributed by atoms with Crippen LogP contribution in [0, 0.1) is 0 Å². The van der Waals surface area contributed by atoms with Gasteiger partial charge in [-0.25, -0.2) is 4.79 Å². The number of primary amides is 1. The van der Waals surface area contributed by atoms with Crippen LogP contribution in [-0.4, -0.2) is 36.5 Å². The van der Waals surface area contributed by atoms with Crippen LogP contribution >= 0.6 is 0 Å². The van der Waals surface area contributed by atoms with Crippen molar-refractivity contribution >= 4 is 17.7 Å². The second-order valence-corrected chi connectivity index (χ2v) is 4.83. The van der Waals surface area contributed by atoms with Crippen molar-refractivity contribution in [3.05, 3.63) is 24.3 Å². The molecule has 3 N–H and O–H groups in total. The molecule has 0 atom stereocenters. The van der Waals surface area contributed by atoms with E-state index in [4.69, 9.17) is 10.5 Å². The van der Waals surface area contributed by atoms with Crippen LogP contribution in [0.5, 0.6) is 5.75 Å². The highest BCUT2D eigenvalue weighted by Crippen LogP contribution is 2.16. The van der Waals surface area contributed by atoms with Crippen LogP contribution in [0.1, 0.15) is 19.3 Å². The van der Waals surface area contributed by atoms with Gasteiger partial charge < -0.3 is 15.8 Å². The van der Waals surface area contributed by atoms with Crippen molar-refractivity contribution in [2.45, 2.75) is 19.3 Å². The lowest BCUT2D eigenvalue weighted by molar-refractivity contribution is -0.117. The zero-order valence-corrected chi connectivity index (χ0v) is 11.3. The first-order chi connectivity index (χ1) is 9.63. The summed E-state index contributed by atoms with van der Waals surface area (Å²) in [7, 11) is 0. The predicted octanol–water partition coefficient (Wildman–Crippen LogP) is 1.57. The summed E-state index contributed by atoms with van der Waals surface area (Å²) in [6, 6.07) is 6.52. The van der Waals surface area contributed by atoms with E-state index < -0.39 is 6.09 Å². The van der Waals surface area contributed by atoms with E-state index in [0.717, 1.165) is 25.9 Å². The van der Waals surface area contributed by atoms with E-state index in [-0.39, 0.29) is 5.91 Å². The second kappa shape index (κ2) is 6.91. The summed E-state index contributed by atoms with van der Waals surface area (Å²) < 4.78 is 4.71. The van der Waals surface area contributed by atoms with E-state index in [1.54, 1.807) is 24.3 Å². The molecule has 0 unspecified atom stereocenters. The molecule has 1 aliphatic rings. The van der Waals surface area contributed by atoms with Gasteiger partial charge in [0, 0.05) is 5.69 Å². The molecule has 6 heteroatoms. The molecule has 1 heterocycles. The average Bonchev–Trinajstić information content (AvgIpc) is 2.41. The van der Waals surface area contributed by atoms with E-state index in [9.17, 15) is 9.59 Å². The van der Waals surface area contributed by atoms with Gasteiger partial charge in [0.15, 0.2) is 0 Å². The molecular formula is C14H19N3O3. The summed E-state index contributed by atoms with van der Waals surface area (Å²) in [6.45, 7) is 2.39. The van der Waals surface area contributed by atoms with Crippen LogP contribution < -0.4 is 15.8 Å². The molecule has 0 aromatic heterocycles. The lowest BCUT2D eigenvalue weighted by atomic mass is 10.1. The van der Waals surface area contributed by atoms with Gasteiger partial charge in [-0.3, -0.25) is 9.69 Å². The van der Waals surface area contributed by atoms with Crippen molar-refractivity contribution in [3.63, 3.8) is 0 Å².